The van der Waals surface area contributed by atoms with Gasteiger partial charge < -0.3 is 19.7 Å². The third kappa shape index (κ3) is 3.87. The summed E-state index contributed by atoms with van der Waals surface area (Å²) in [5.41, 5.74) is -1.50. The summed E-state index contributed by atoms with van der Waals surface area (Å²) < 4.78 is 34.9. The van der Waals surface area contributed by atoms with Gasteiger partial charge in [0.25, 0.3) is 5.56 Å². The lowest BCUT2D eigenvalue weighted by atomic mass is 10.1. The van der Waals surface area contributed by atoms with Crippen LogP contribution >= 0.6 is 11.3 Å². The predicted molar refractivity (Wildman–Crippen MR) is 120 cm³/mol. The fourth-order valence-corrected chi connectivity index (χ4v) is 4.45. The molecule has 0 unspecified atom stereocenters. The molecule has 8 nitrogen and oxygen atoms in total. The number of ether oxygens (including phenoxy) is 1. The summed E-state index contributed by atoms with van der Waals surface area (Å²) in [6, 6.07) is 8.19. The lowest BCUT2D eigenvalue weighted by Crippen LogP contribution is -2.34. The molecule has 2 aromatic carbocycles. The molecule has 11 heteroatoms. The van der Waals surface area contributed by atoms with Gasteiger partial charge in [-0.3, -0.25) is 4.79 Å². The number of hydrogen-bond acceptors (Lipinski definition) is 6. The van der Waals surface area contributed by atoms with Gasteiger partial charge in [0.15, 0.2) is 0 Å². The molecular formula is C22H17F2N3O5S. The maximum absolute atomic E-state index is 14.7. The molecule has 0 atom stereocenters. The Morgan fingerprint density at radius 1 is 1.21 bits per heavy atom. The van der Waals surface area contributed by atoms with Crippen LogP contribution in [-0.4, -0.2) is 34.8 Å². The van der Waals surface area contributed by atoms with Crippen molar-refractivity contribution >= 4 is 33.9 Å². The van der Waals surface area contributed by atoms with Gasteiger partial charge in [-0.05, 0) is 29.8 Å². The van der Waals surface area contributed by atoms with E-state index >= 15 is 0 Å². The highest BCUT2D eigenvalue weighted by Gasteiger charge is 2.21. The molecule has 0 fully saturated rings. The van der Waals surface area contributed by atoms with Crippen LogP contribution in [0.1, 0.15) is 15.2 Å². The fourth-order valence-electron chi connectivity index (χ4n) is 3.63. The van der Waals surface area contributed by atoms with E-state index in [1.807, 2.05) is 0 Å². The lowest BCUT2D eigenvalue weighted by Gasteiger charge is -2.22. The van der Waals surface area contributed by atoms with Crippen molar-refractivity contribution in [3.8, 4) is 11.4 Å². The van der Waals surface area contributed by atoms with Crippen molar-refractivity contribution < 1.29 is 23.4 Å². The van der Waals surface area contributed by atoms with Gasteiger partial charge in [-0.2, -0.15) is 0 Å². The average Bonchev–Trinajstić information content (AvgIpc) is 3.19. The molecule has 0 bridgehead atoms. The van der Waals surface area contributed by atoms with E-state index in [0.717, 1.165) is 17.4 Å². The van der Waals surface area contributed by atoms with E-state index in [1.54, 1.807) is 18.0 Å². The minimum Gasteiger partial charge on any atom is -0.494 e. The molecule has 2 heterocycles. The average molecular weight is 473 g/mol. The molecule has 0 aliphatic carbocycles. The first kappa shape index (κ1) is 22.2. The Bertz CT molecular complexity index is 1510. The number of carboxylic acid groups (broad SMARTS) is 1. The number of halogens is 2. The Kier molecular flexibility index (Phi) is 5.73. The molecule has 0 amide bonds. The number of aromatic nitrogens is 2. The van der Waals surface area contributed by atoms with Crippen molar-refractivity contribution in [3.63, 3.8) is 0 Å². The summed E-state index contributed by atoms with van der Waals surface area (Å²) >= 11 is 0.785. The first-order valence-corrected chi connectivity index (χ1v) is 10.4. The van der Waals surface area contributed by atoms with Gasteiger partial charge in [0.1, 0.15) is 27.9 Å². The highest BCUT2D eigenvalue weighted by Crippen LogP contribution is 2.31. The highest BCUT2D eigenvalue weighted by atomic mass is 32.1. The summed E-state index contributed by atoms with van der Waals surface area (Å²) in [7, 11) is 3.02. The van der Waals surface area contributed by atoms with Crippen molar-refractivity contribution in [1.82, 2.24) is 9.55 Å². The first-order valence-electron chi connectivity index (χ1n) is 9.55. The molecule has 4 rings (SSSR count). The second kappa shape index (κ2) is 8.51. The number of para-hydroxylation sites is 1. The summed E-state index contributed by atoms with van der Waals surface area (Å²) in [6.45, 7) is 0.0955. The molecule has 0 radical (unpaired) electrons. The molecule has 0 aliphatic heterocycles. The summed E-state index contributed by atoms with van der Waals surface area (Å²) in [6.07, 6.45) is 0. The van der Waals surface area contributed by atoms with Crippen LogP contribution < -0.4 is 20.9 Å². The van der Waals surface area contributed by atoms with Crippen molar-refractivity contribution in [2.24, 2.45) is 0 Å². The number of aromatic amines is 1. The molecule has 0 spiro atoms. The lowest BCUT2D eigenvalue weighted by molar-refractivity contribution is 0.0704. The molecule has 2 aromatic heterocycles. The number of anilines is 1. The van der Waals surface area contributed by atoms with Gasteiger partial charge in [-0.15, -0.1) is 11.3 Å². The third-order valence-electron chi connectivity index (χ3n) is 5.07. The number of thiophene rings is 1. The third-order valence-corrected chi connectivity index (χ3v) is 6.04. The Balaban J connectivity index is 1.82. The Morgan fingerprint density at radius 3 is 2.67 bits per heavy atom. The molecule has 0 aliphatic rings. The van der Waals surface area contributed by atoms with E-state index in [4.69, 9.17) is 4.74 Å². The van der Waals surface area contributed by atoms with Crippen LogP contribution in [0, 0.1) is 11.6 Å². The van der Waals surface area contributed by atoms with Crippen molar-refractivity contribution in [1.29, 1.82) is 0 Å². The molecule has 33 heavy (non-hydrogen) atoms. The van der Waals surface area contributed by atoms with Gasteiger partial charge in [0.2, 0.25) is 0 Å². The monoisotopic (exact) mass is 473 g/mol. The van der Waals surface area contributed by atoms with Gasteiger partial charge in [-0.25, -0.2) is 22.9 Å². The van der Waals surface area contributed by atoms with Crippen LogP contribution in [0.25, 0.3) is 16.6 Å². The Labute approximate surface area is 188 Å². The standard InChI is InChI=1S/C22H17F2N3O5S/c1-26(18-13(24)4-3-5-16(18)32-2)9-11-6-7-12(23)15(8-11)27-20(28)17-14(25-22(27)31)10-33-19(17)21(29)30/h3-8,10H,9H2,1-2H3,(H,25,31)(H,29,30). The smallest absolute Gasteiger partial charge is 0.346 e. The van der Waals surface area contributed by atoms with Crippen molar-refractivity contribution in [3.05, 3.63) is 84.7 Å². The maximum atomic E-state index is 14.7. The van der Waals surface area contributed by atoms with Gasteiger partial charge in [0.05, 0.1) is 23.7 Å². The molecule has 4 aromatic rings. The van der Waals surface area contributed by atoms with Crippen LogP contribution in [0.3, 0.4) is 0 Å². The van der Waals surface area contributed by atoms with Gasteiger partial charge in [-0.1, -0.05) is 12.1 Å². The largest absolute Gasteiger partial charge is 0.494 e. The number of fused-ring (bicyclic) bond motifs is 1. The fraction of sp³-hybridized carbons (Fsp3) is 0.136. The van der Waals surface area contributed by atoms with Gasteiger partial charge in [0, 0.05) is 19.0 Å². The zero-order chi connectivity index (χ0) is 23.9. The second-order valence-corrected chi connectivity index (χ2v) is 8.04. The SMILES string of the molecule is COc1cccc(F)c1N(C)Cc1ccc(F)c(-n2c(=O)[nH]c3csc(C(=O)O)c3c2=O)c1. The number of nitrogens with zero attached hydrogens (tertiary/aromatic N) is 2. The predicted octanol–water partition coefficient (Wildman–Crippen LogP) is 3.36. The number of hydrogen-bond donors (Lipinski definition) is 2. The molecular weight excluding hydrogens is 456 g/mol. The summed E-state index contributed by atoms with van der Waals surface area (Å²) in [5, 5.41) is 10.5. The van der Waals surface area contributed by atoms with Crippen molar-refractivity contribution in [2.45, 2.75) is 6.54 Å². The Morgan fingerprint density at radius 2 is 1.97 bits per heavy atom. The minimum atomic E-state index is -1.33. The number of methoxy groups -OCH3 is 1. The van der Waals surface area contributed by atoms with E-state index in [9.17, 15) is 28.3 Å². The van der Waals surface area contributed by atoms with Crippen LogP contribution in [0.15, 0.2) is 51.4 Å². The number of rotatable bonds is 6. The molecule has 0 saturated heterocycles. The number of carbonyl (C=O) groups is 1. The summed E-state index contributed by atoms with van der Waals surface area (Å²) in [4.78, 5) is 40.8. The van der Waals surface area contributed by atoms with Gasteiger partial charge >= 0.3 is 11.7 Å². The van der Waals surface area contributed by atoms with E-state index < -0.39 is 28.9 Å². The molecule has 2 N–H and O–H groups in total. The molecule has 0 saturated carbocycles. The number of nitrogens with one attached hydrogen (secondary N) is 1. The van der Waals surface area contributed by atoms with Crippen LogP contribution in [-0.2, 0) is 6.54 Å². The van der Waals surface area contributed by atoms with Crippen LogP contribution in [0.5, 0.6) is 5.75 Å². The number of benzene rings is 2. The molecule has 170 valence electrons. The minimum absolute atomic E-state index is 0.0617. The number of aromatic carboxylic acids is 1. The van der Waals surface area contributed by atoms with E-state index in [0.29, 0.717) is 15.9 Å². The normalized spacial score (nSPS) is 11.0. The number of H-pyrrole nitrogens is 1. The van der Waals surface area contributed by atoms with Crippen LogP contribution in [0.2, 0.25) is 0 Å². The number of carboxylic acids is 1. The quantitative estimate of drug-likeness (QED) is 0.445. The topological polar surface area (TPSA) is 105 Å². The van der Waals surface area contributed by atoms with Crippen LogP contribution in [0.4, 0.5) is 14.5 Å². The van der Waals surface area contributed by atoms with E-state index in [-0.39, 0.29) is 33.7 Å². The zero-order valence-corrected chi connectivity index (χ0v) is 18.2. The van der Waals surface area contributed by atoms with E-state index in [1.165, 1.54) is 36.8 Å². The highest BCUT2D eigenvalue weighted by molar-refractivity contribution is 7.13. The first-order chi connectivity index (χ1) is 15.7. The zero-order valence-electron chi connectivity index (χ0n) is 17.4. The van der Waals surface area contributed by atoms with Crippen molar-refractivity contribution in [2.75, 3.05) is 19.1 Å². The second-order valence-electron chi connectivity index (χ2n) is 7.16. The van der Waals surface area contributed by atoms with E-state index in [2.05, 4.69) is 4.98 Å². The Hall–Kier alpha value is -3.99. The maximum Gasteiger partial charge on any atom is 0.346 e. The summed E-state index contributed by atoms with van der Waals surface area (Å²) in [5.74, 6) is -2.41.